The van der Waals surface area contributed by atoms with Crippen molar-refractivity contribution in [2.24, 2.45) is 5.92 Å². The van der Waals surface area contributed by atoms with Crippen LogP contribution in [0.3, 0.4) is 0 Å². The molecule has 0 amide bonds. The number of carbonyl (C=O) groups excluding carboxylic acids is 1. The normalized spacial score (nSPS) is 18.2. The van der Waals surface area contributed by atoms with E-state index in [1.165, 1.54) is 18.2 Å². The van der Waals surface area contributed by atoms with Gasteiger partial charge < -0.3 is 4.74 Å². The lowest BCUT2D eigenvalue weighted by molar-refractivity contribution is -0.144. The number of benzene rings is 1. The van der Waals surface area contributed by atoms with Gasteiger partial charge in [0.25, 0.3) is 0 Å². The van der Waals surface area contributed by atoms with Crippen molar-refractivity contribution in [2.45, 2.75) is 38.8 Å². The summed E-state index contributed by atoms with van der Waals surface area (Å²) < 4.78 is 4.88. The molecule has 1 fully saturated rings. The summed E-state index contributed by atoms with van der Waals surface area (Å²) in [7, 11) is 1.46. The fourth-order valence-electron chi connectivity index (χ4n) is 2.38. The van der Waals surface area contributed by atoms with Gasteiger partial charge in [0.1, 0.15) is 6.04 Å². The first-order chi connectivity index (χ1) is 8.63. The molecular weight excluding hydrogens is 226 g/mol. The Morgan fingerprint density at radius 2 is 2.06 bits per heavy atom. The molecule has 0 heterocycles. The molecule has 3 heteroatoms. The fourth-order valence-corrected chi connectivity index (χ4v) is 2.38. The number of nitrogens with one attached hydrogen (secondary N) is 1. The highest BCUT2D eigenvalue weighted by atomic mass is 16.5. The molecule has 1 aliphatic carbocycles. The molecule has 98 valence electrons. The van der Waals surface area contributed by atoms with Gasteiger partial charge in [0.15, 0.2) is 0 Å². The number of carbonyl (C=O) groups is 1. The first-order valence-corrected chi connectivity index (χ1v) is 6.53. The van der Waals surface area contributed by atoms with Crippen molar-refractivity contribution in [1.29, 1.82) is 0 Å². The van der Waals surface area contributed by atoms with Crippen molar-refractivity contribution in [3.8, 4) is 0 Å². The molecule has 2 atom stereocenters. The van der Waals surface area contributed by atoms with Crippen LogP contribution >= 0.6 is 0 Å². The highest BCUT2D eigenvalue weighted by Crippen LogP contribution is 2.34. The van der Waals surface area contributed by atoms with Gasteiger partial charge in [-0.3, -0.25) is 10.1 Å². The van der Waals surface area contributed by atoms with Crippen LogP contribution in [0.25, 0.3) is 0 Å². The van der Waals surface area contributed by atoms with E-state index in [9.17, 15) is 4.79 Å². The highest BCUT2D eigenvalue weighted by Gasteiger charge is 2.37. The molecule has 1 unspecified atom stereocenters. The Bertz CT molecular complexity index is 426. The van der Waals surface area contributed by atoms with E-state index in [0.29, 0.717) is 5.92 Å². The molecule has 1 saturated carbocycles. The Labute approximate surface area is 109 Å². The van der Waals surface area contributed by atoms with E-state index in [0.717, 1.165) is 12.8 Å². The molecule has 0 bridgehead atoms. The van der Waals surface area contributed by atoms with Gasteiger partial charge in [0.2, 0.25) is 0 Å². The van der Waals surface area contributed by atoms with Gasteiger partial charge >= 0.3 is 5.97 Å². The summed E-state index contributed by atoms with van der Waals surface area (Å²) in [6, 6.07) is 8.27. The SMILES string of the molecule is COC(=O)C(N[C@H](C)c1ccccc1C)C1CC1. The number of esters is 1. The van der Waals surface area contributed by atoms with Gasteiger partial charge in [-0.1, -0.05) is 24.3 Å². The molecule has 1 aromatic rings. The molecule has 0 aromatic heterocycles. The monoisotopic (exact) mass is 247 g/mol. The zero-order chi connectivity index (χ0) is 13.1. The van der Waals surface area contributed by atoms with Crippen molar-refractivity contribution < 1.29 is 9.53 Å². The number of hydrogen-bond acceptors (Lipinski definition) is 3. The van der Waals surface area contributed by atoms with Gasteiger partial charge in [-0.15, -0.1) is 0 Å². The first-order valence-electron chi connectivity index (χ1n) is 6.53. The van der Waals surface area contributed by atoms with Gasteiger partial charge in [0, 0.05) is 6.04 Å². The maximum Gasteiger partial charge on any atom is 0.323 e. The quantitative estimate of drug-likeness (QED) is 0.813. The van der Waals surface area contributed by atoms with Crippen molar-refractivity contribution in [1.82, 2.24) is 5.32 Å². The van der Waals surface area contributed by atoms with E-state index >= 15 is 0 Å². The van der Waals surface area contributed by atoms with Crippen LogP contribution in [0.4, 0.5) is 0 Å². The lowest BCUT2D eigenvalue weighted by Gasteiger charge is -2.22. The highest BCUT2D eigenvalue weighted by molar-refractivity contribution is 5.76. The van der Waals surface area contributed by atoms with Gasteiger partial charge in [-0.25, -0.2) is 0 Å². The molecule has 0 aliphatic heterocycles. The predicted molar refractivity (Wildman–Crippen MR) is 71.3 cm³/mol. The Morgan fingerprint density at radius 1 is 1.39 bits per heavy atom. The van der Waals surface area contributed by atoms with Crippen LogP contribution in [-0.4, -0.2) is 19.1 Å². The summed E-state index contributed by atoms with van der Waals surface area (Å²) >= 11 is 0. The number of aryl methyl sites for hydroxylation is 1. The van der Waals surface area contributed by atoms with Crippen molar-refractivity contribution in [3.63, 3.8) is 0 Å². The predicted octanol–water partition coefficient (Wildman–Crippen LogP) is 2.60. The largest absolute Gasteiger partial charge is 0.468 e. The van der Waals surface area contributed by atoms with Crippen molar-refractivity contribution in [2.75, 3.05) is 7.11 Å². The molecule has 18 heavy (non-hydrogen) atoms. The van der Waals surface area contributed by atoms with Crippen LogP contribution in [0.15, 0.2) is 24.3 Å². The van der Waals surface area contributed by atoms with Crippen LogP contribution in [0.1, 0.15) is 36.9 Å². The lowest BCUT2D eigenvalue weighted by atomic mass is 10.0. The third-order valence-corrected chi connectivity index (χ3v) is 3.63. The summed E-state index contributed by atoms with van der Waals surface area (Å²) in [5, 5.41) is 3.41. The molecule has 1 aliphatic rings. The second-order valence-electron chi connectivity index (χ2n) is 5.08. The Morgan fingerprint density at radius 3 is 2.61 bits per heavy atom. The first kappa shape index (κ1) is 13.1. The molecule has 1 aromatic carbocycles. The zero-order valence-corrected chi connectivity index (χ0v) is 11.3. The molecule has 0 spiro atoms. The third-order valence-electron chi connectivity index (χ3n) is 3.63. The van der Waals surface area contributed by atoms with E-state index in [1.807, 2.05) is 12.1 Å². The summed E-state index contributed by atoms with van der Waals surface area (Å²) in [6.07, 6.45) is 2.24. The standard InChI is InChI=1S/C15H21NO2/c1-10-6-4-5-7-13(10)11(2)16-14(12-8-9-12)15(17)18-3/h4-7,11-12,14,16H,8-9H2,1-3H3/t11-,14?/m1/s1. The Kier molecular flexibility index (Phi) is 4.02. The third kappa shape index (κ3) is 2.91. The van der Waals surface area contributed by atoms with E-state index < -0.39 is 0 Å². The van der Waals surface area contributed by atoms with Crippen molar-refractivity contribution in [3.05, 3.63) is 35.4 Å². The zero-order valence-electron chi connectivity index (χ0n) is 11.3. The number of rotatable bonds is 5. The maximum absolute atomic E-state index is 11.8. The summed E-state index contributed by atoms with van der Waals surface area (Å²) in [5.74, 6) is 0.307. The molecular formula is C15H21NO2. The Hall–Kier alpha value is -1.35. The van der Waals surface area contributed by atoms with Crippen LogP contribution in [0.5, 0.6) is 0 Å². The van der Waals surface area contributed by atoms with Crippen LogP contribution in [0.2, 0.25) is 0 Å². The second-order valence-corrected chi connectivity index (χ2v) is 5.08. The number of ether oxygens (including phenoxy) is 1. The van der Waals surface area contributed by atoms with Crippen LogP contribution in [-0.2, 0) is 9.53 Å². The van der Waals surface area contributed by atoms with Gasteiger partial charge in [0.05, 0.1) is 7.11 Å². The summed E-state index contributed by atoms with van der Waals surface area (Å²) in [4.78, 5) is 11.8. The van der Waals surface area contributed by atoms with Crippen LogP contribution < -0.4 is 5.32 Å². The van der Waals surface area contributed by atoms with E-state index in [4.69, 9.17) is 4.74 Å². The number of hydrogen-bond donors (Lipinski definition) is 1. The topological polar surface area (TPSA) is 38.3 Å². The minimum absolute atomic E-state index is 0.141. The average molecular weight is 247 g/mol. The number of methoxy groups -OCH3 is 1. The summed E-state index contributed by atoms with van der Waals surface area (Å²) in [6.45, 7) is 4.19. The minimum atomic E-state index is -0.162. The smallest absolute Gasteiger partial charge is 0.323 e. The minimum Gasteiger partial charge on any atom is -0.468 e. The molecule has 0 radical (unpaired) electrons. The van der Waals surface area contributed by atoms with Crippen LogP contribution in [0, 0.1) is 12.8 Å². The lowest BCUT2D eigenvalue weighted by Crippen LogP contribution is -2.41. The van der Waals surface area contributed by atoms with E-state index in [2.05, 4.69) is 31.3 Å². The molecule has 2 rings (SSSR count). The molecule has 3 nitrogen and oxygen atoms in total. The Balaban J connectivity index is 2.07. The average Bonchev–Trinajstić information content (AvgIpc) is 3.19. The summed E-state index contributed by atoms with van der Waals surface area (Å²) in [5.41, 5.74) is 2.49. The molecule has 1 N–H and O–H groups in total. The van der Waals surface area contributed by atoms with Crippen molar-refractivity contribution >= 4 is 5.97 Å². The maximum atomic E-state index is 11.8. The van der Waals surface area contributed by atoms with Gasteiger partial charge in [-0.2, -0.15) is 0 Å². The molecule has 0 saturated heterocycles. The van der Waals surface area contributed by atoms with Gasteiger partial charge in [-0.05, 0) is 43.7 Å². The fraction of sp³-hybridized carbons (Fsp3) is 0.533. The van der Waals surface area contributed by atoms with E-state index in [1.54, 1.807) is 0 Å². The second kappa shape index (κ2) is 5.53. The van der Waals surface area contributed by atoms with E-state index in [-0.39, 0.29) is 18.1 Å².